The summed E-state index contributed by atoms with van der Waals surface area (Å²) < 4.78 is 5.94. The smallest absolute Gasteiger partial charge is 0.123 e. The Balaban J connectivity index is 2.44. The van der Waals surface area contributed by atoms with E-state index in [9.17, 15) is 0 Å². The molecule has 2 heteroatoms. The number of benzene rings is 1. The molecule has 0 fully saturated rings. The molecule has 0 spiro atoms. The largest absolute Gasteiger partial charge is 0.493 e. The van der Waals surface area contributed by atoms with Gasteiger partial charge in [0.05, 0.1) is 6.61 Å². The summed E-state index contributed by atoms with van der Waals surface area (Å²) >= 11 is 0. The minimum atomic E-state index is 0.488. The average molecular weight is 275 g/mol. The van der Waals surface area contributed by atoms with E-state index in [2.05, 4.69) is 50.9 Å². The molecule has 112 valence electrons. The van der Waals surface area contributed by atoms with E-state index in [1.165, 1.54) is 24.0 Å². The molecule has 0 aliphatic heterocycles. The van der Waals surface area contributed by atoms with Gasteiger partial charge < -0.3 is 10.1 Å². The highest BCUT2D eigenvalue weighted by atomic mass is 16.5. The summed E-state index contributed by atoms with van der Waals surface area (Å²) in [7, 11) is 0. The van der Waals surface area contributed by atoms with E-state index in [0.717, 1.165) is 31.7 Å². The van der Waals surface area contributed by atoms with Gasteiger partial charge in [-0.1, -0.05) is 37.6 Å². The fraction of sp³-hybridized carbons (Fsp3) is 0.556. The molecule has 1 aromatic rings. The fourth-order valence-corrected chi connectivity index (χ4v) is 2.05. The number of unbranched alkanes of at least 4 members (excludes halogenated alkanes) is 3. The highest BCUT2D eigenvalue weighted by molar-refractivity contribution is 5.36. The normalized spacial score (nSPS) is 10.8. The molecule has 0 aliphatic carbocycles. The molecule has 0 saturated carbocycles. The van der Waals surface area contributed by atoms with E-state index in [1.807, 2.05) is 6.08 Å². The minimum absolute atomic E-state index is 0.488. The molecule has 0 saturated heterocycles. The van der Waals surface area contributed by atoms with Gasteiger partial charge in [-0.05, 0) is 38.7 Å². The van der Waals surface area contributed by atoms with Crippen LogP contribution in [0.5, 0.6) is 5.75 Å². The van der Waals surface area contributed by atoms with Crippen molar-refractivity contribution in [1.82, 2.24) is 5.32 Å². The molecule has 0 atom stereocenters. The molecule has 0 aliphatic rings. The van der Waals surface area contributed by atoms with Gasteiger partial charge in [0.2, 0.25) is 0 Å². The highest BCUT2D eigenvalue weighted by Crippen LogP contribution is 2.20. The lowest BCUT2D eigenvalue weighted by molar-refractivity contribution is 0.301. The Kier molecular flexibility index (Phi) is 8.05. The Morgan fingerprint density at radius 2 is 2.05 bits per heavy atom. The van der Waals surface area contributed by atoms with Crippen LogP contribution in [0.25, 0.3) is 0 Å². The van der Waals surface area contributed by atoms with Crippen molar-refractivity contribution in [3.63, 3.8) is 0 Å². The summed E-state index contributed by atoms with van der Waals surface area (Å²) in [5.41, 5.74) is 2.54. The summed E-state index contributed by atoms with van der Waals surface area (Å²) in [5, 5.41) is 3.46. The predicted octanol–water partition coefficient (Wildman–Crippen LogP) is 4.62. The molecule has 0 radical (unpaired) electrons. The maximum Gasteiger partial charge on any atom is 0.123 e. The van der Waals surface area contributed by atoms with Gasteiger partial charge in [0.15, 0.2) is 0 Å². The van der Waals surface area contributed by atoms with Gasteiger partial charge in [0.1, 0.15) is 5.75 Å². The van der Waals surface area contributed by atoms with Crippen LogP contribution in [0.1, 0.15) is 50.7 Å². The molecular formula is C18H29NO. The lowest BCUT2D eigenvalue weighted by atomic mass is 10.1. The van der Waals surface area contributed by atoms with Gasteiger partial charge >= 0.3 is 0 Å². The van der Waals surface area contributed by atoms with Gasteiger partial charge in [-0.15, -0.1) is 6.58 Å². The Morgan fingerprint density at radius 3 is 2.75 bits per heavy atom. The zero-order chi connectivity index (χ0) is 14.8. The van der Waals surface area contributed by atoms with Crippen molar-refractivity contribution in [2.75, 3.05) is 6.61 Å². The molecule has 20 heavy (non-hydrogen) atoms. The topological polar surface area (TPSA) is 21.3 Å². The summed E-state index contributed by atoms with van der Waals surface area (Å²) in [6.07, 6.45) is 6.61. The van der Waals surface area contributed by atoms with Crippen molar-refractivity contribution in [2.24, 2.45) is 0 Å². The summed E-state index contributed by atoms with van der Waals surface area (Å²) in [5.74, 6) is 1.02. The molecule has 0 unspecified atom stereocenters. The lowest BCUT2D eigenvalue weighted by Gasteiger charge is -2.14. The van der Waals surface area contributed by atoms with E-state index in [1.54, 1.807) is 0 Å². The second-order valence-electron chi connectivity index (χ2n) is 5.63. The number of hydrogen-bond acceptors (Lipinski definition) is 2. The van der Waals surface area contributed by atoms with Crippen molar-refractivity contribution in [2.45, 2.75) is 59.0 Å². The van der Waals surface area contributed by atoms with Crippen LogP contribution in [0, 0.1) is 6.92 Å². The van der Waals surface area contributed by atoms with Crippen LogP contribution in [0.4, 0.5) is 0 Å². The van der Waals surface area contributed by atoms with E-state index in [0.29, 0.717) is 6.04 Å². The zero-order valence-corrected chi connectivity index (χ0v) is 13.2. The second kappa shape index (κ2) is 9.60. The Labute approximate surface area is 124 Å². The Bertz CT molecular complexity index is 398. The quantitative estimate of drug-likeness (QED) is 0.497. The van der Waals surface area contributed by atoms with Crippen molar-refractivity contribution < 1.29 is 4.74 Å². The van der Waals surface area contributed by atoms with Crippen LogP contribution in [-0.2, 0) is 6.54 Å². The van der Waals surface area contributed by atoms with Crippen LogP contribution in [0.15, 0.2) is 30.9 Å². The SMILES string of the molecule is C=CCCCCCOc1ccc(C)cc1CNC(C)C. The van der Waals surface area contributed by atoms with E-state index < -0.39 is 0 Å². The molecule has 0 heterocycles. The van der Waals surface area contributed by atoms with Gasteiger partial charge in [0.25, 0.3) is 0 Å². The first-order chi connectivity index (χ1) is 9.63. The molecule has 0 bridgehead atoms. The first kappa shape index (κ1) is 16.8. The van der Waals surface area contributed by atoms with Crippen LogP contribution in [-0.4, -0.2) is 12.6 Å². The lowest BCUT2D eigenvalue weighted by Crippen LogP contribution is -2.22. The van der Waals surface area contributed by atoms with Crippen LogP contribution in [0.3, 0.4) is 0 Å². The van der Waals surface area contributed by atoms with Crippen molar-refractivity contribution in [1.29, 1.82) is 0 Å². The predicted molar refractivity (Wildman–Crippen MR) is 87.3 cm³/mol. The number of aryl methyl sites for hydroxylation is 1. The van der Waals surface area contributed by atoms with Crippen LogP contribution in [0.2, 0.25) is 0 Å². The zero-order valence-electron chi connectivity index (χ0n) is 13.2. The first-order valence-corrected chi connectivity index (χ1v) is 7.70. The monoisotopic (exact) mass is 275 g/mol. The van der Waals surface area contributed by atoms with Gasteiger partial charge in [-0.3, -0.25) is 0 Å². The van der Waals surface area contributed by atoms with Gasteiger partial charge in [-0.2, -0.15) is 0 Å². The van der Waals surface area contributed by atoms with E-state index in [-0.39, 0.29) is 0 Å². The molecule has 0 amide bonds. The third-order valence-corrected chi connectivity index (χ3v) is 3.23. The second-order valence-corrected chi connectivity index (χ2v) is 5.63. The van der Waals surface area contributed by atoms with E-state index in [4.69, 9.17) is 4.74 Å². The van der Waals surface area contributed by atoms with Gasteiger partial charge in [0, 0.05) is 18.2 Å². The van der Waals surface area contributed by atoms with E-state index >= 15 is 0 Å². The summed E-state index contributed by atoms with van der Waals surface area (Å²) in [4.78, 5) is 0. The first-order valence-electron chi connectivity index (χ1n) is 7.70. The molecule has 0 aromatic heterocycles. The summed E-state index contributed by atoms with van der Waals surface area (Å²) in [6.45, 7) is 11.9. The molecular weight excluding hydrogens is 246 g/mol. The number of hydrogen-bond donors (Lipinski definition) is 1. The highest BCUT2D eigenvalue weighted by Gasteiger charge is 2.05. The average Bonchev–Trinajstić information content (AvgIpc) is 2.42. The molecule has 1 rings (SSSR count). The molecule has 2 nitrogen and oxygen atoms in total. The number of nitrogens with one attached hydrogen (secondary N) is 1. The minimum Gasteiger partial charge on any atom is -0.493 e. The Morgan fingerprint density at radius 1 is 1.25 bits per heavy atom. The standard InChI is InChI=1S/C18H29NO/c1-5-6-7-8-9-12-20-18-11-10-16(4)13-17(18)14-19-15(2)3/h5,10-11,13,15,19H,1,6-9,12,14H2,2-4H3. The van der Waals surface area contributed by atoms with Crippen LogP contribution < -0.4 is 10.1 Å². The van der Waals surface area contributed by atoms with Crippen molar-refractivity contribution >= 4 is 0 Å². The number of ether oxygens (including phenoxy) is 1. The van der Waals surface area contributed by atoms with Crippen molar-refractivity contribution in [3.05, 3.63) is 42.0 Å². The number of allylic oxidation sites excluding steroid dienone is 1. The maximum atomic E-state index is 5.94. The molecule has 1 aromatic carbocycles. The number of rotatable bonds is 10. The van der Waals surface area contributed by atoms with Crippen molar-refractivity contribution in [3.8, 4) is 5.75 Å². The third kappa shape index (κ3) is 6.76. The third-order valence-electron chi connectivity index (χ3n) is 3.23. The van der Waals surface area contributed by atoms with Gasteiger partial charge in [-0.25, -0.2) is 0 Å². The summed E-state index contributed by atoms with van der Waals surface area (Å²) in [6, 6.07) is 6.91. The van der Waals surface area contributed by atoms with Crippen LogP contribution >= 0.6 is 0 Å². The molecule has 1 N–H and O–H groups in total. The fourth-order valence-electron chi connectivity index (χ4n) is 2.05. The Hall–Kier alpha value is -1.28. The maximum absolute atomic E-state index is 5.94.